The summed E-state index contributed by atoms with van der Waals surface area (Å²) in [7, 11) is 0. The summed E-state index contributed by atoms with van der Waals surface area (Å²) in [6.07, 6.45) is 0.896. The molecule has 4 rings (SSSR count). The van der Waals surface area contributed by atoms with Crippen LogP contribution in [0, 0.1) is 0 Å². The van der Waals surface area contributed by atoms with E-state index in [0.29, 0.717) is 41.1 Å². The summed E-state index contributed by atoms with van der Waals surface area (Å²) in [5, 5.41) is 3.56. The lowest BCUT2D eigenvalue weighted by molar-refractivity contribution is 0.101. The molecule has 1 atom stereocenters. The SMILES string of the molecule is CC1(c2cccc(NC(=O)c3cccc4c3OCCO4)c2)CCSC(N)=N1. The lowest BCUT2D eigenvalue weighted by Crippen LogP contribution is -2.28. The summed E-state index contributed by atoms with van der Waals surface area (Å²) in [6.45, 7) is 2.99. The maximum absolute atomic E-state index is 12.8. The van der Waals surface area contributed by atoms with Gasteiger partial charge in [0.2, 0.25) is 0 Å². The van der Waals surface area contributed by atoms with Crippen molar-refractivity contribution in [2.24, 2.45) is 10.7 Å². The Labute approximate surface area is 162 Å². The van der Waals surface area contributed by atoms with E-state index in [1.165, 1.54) is 0 Å². The molecule has 0 aliphatic carbocycles. The summed E-state index contributed by atoms with van der Waals surface area (Å²) < 4.78 is 11.2. The fourth-order valence-corrected chi connectivity index (χ4v) is 4.25. The maximum atomic E-state index is 12.8. The van der Waals surface area contributed by atoms with Gasteiger partial charge in [-0.2, -0.15) is 0 Å². The zero-order valence-corrected chi connectivity index (χ0v) is 15.8. The standard InChI is InChI=1S/C20H21N3O3S/c1-20(8-11-27-19(21)23-20)13-4-2-5-14(12-13)22-18(24)15-6-3-7-16-17(15)26-10-9-25-16/h2-7,12H,8-11H2,1H3,(H2,21,23)(H,22,24). The third kappa shape index (κ3) is 3.60. The van der Waals surface area contributed by atoms with Crippen LogP contribution < -0.4 is 20.5 Å². The molecular weight excluding hydrogens is 362 g/mol. The van der Waals surface area contributed by atoms with Crippen LogP contribution in [0.5, 0.6) is 11.5 Å². The van der Waals surface area contributed by atoms with E-state index in [0.717, 1.165) is 17.7 Å². The predicted molar refractivity (Wildman–Crippen MR) is 108 cm³/mol. The van der Waals surface area contributed by atoms with E-state index in [4.69, 9.17) is 15.2 Å². The summed E-state index contributed by atoms with van der Waals surface area (Å²) in [5.74, 6) is 1.78. The zero-order chi connectivity index (χ0) is 18.9. The summed E-state index contributed by atoms with van der Waals surface area (Å²) in [6, 6.07) is 13.1. The van der Waals surface area contributed by atoms with Gasteiger partial charge in [-0.1, -0.05) is 30.0 Å². The third-order valence-corrected chi connectivity index (χ3v) is 5.54. The number of nitrogens with one attached hydrogen (secondary N) is 1. The van der Waals surface area contributed by atoms with Gasteiger partial charge in [-0.05, 0) is 43.2 Å². The second-order valence-electron chi connectivity index (χ2n) is 6.69. The fraction of sp³-hybridized carbons (Fsp3) is 0.300. The van der Waals surface area contributed by atoms with Crippen LogP contribution in [-0.4, -0.2) is 30.0 Å². The molecule has 27 heavy (non-hydrogen) atoms. The number of nitrogens with zero attached hydrogens (tertiary/aromatic N) is 1. The van der Waals surface area contributed by atoms with Crippen molar-refractivity contribution in [2.45, 2.75) is 18.9 Å². The van der Waals surface area contributed by atoms with Crippen molar-refractivity contribution < 1.29 is 14.3 Å². The van der Waals surface area contributed by atoms with Gasteiger partial charge in [0.15, 0.2) is 16.7 Å². The number of anilines is 1. The molecule has 0 fully saturated rings. The molecule has 0 saturated carbocycles. The number of hydrogen-bond acceptors (Lipinski definition) is 6. The van der Waals surface area contributed by atoms with Crippen molar-refractivity contribution in [1.29, 1.82) is 0 Å². The van der Waals surface area contributed by atoms with Crippen LogP contribution in [0.4, 0.5) is 5.69 Å². The van der Waals surface area contributed by atoms with Crippen LogP contribution in [0.2, 0.25) is 0 Å². The fourth-order valence-electron chi connectivity index (χ4n) is 3.28. The molecule has 0 spiro atoms. The van der Waals surface area contributed by atoms with Gasteiger partial charge >= 0.3 is 0 Å². The van der Waals surface area contributed by atoms with Crippen LogP contribution in [0.3, 0.4) is 0 Å². The van der Waals surface area contributed by atoms with E-state index in [-0.39, 0.29) is 11.4 Å². The van der Waals surface area contributed by atoms with Gasteiger partial charge in [0.25, 0.3) is 5.91 Å². The van der Waals surface area contributed by atoms with Gasteiger partial charge in [-0.15, -0.1) is 0 Å². The Balaban J connectivity index is 1.59. The number of carbonyl (C=O) groups is 1. The van der Waals surface area contributed by atoms with Crippen LogP contribution >= 0.6 is 11.8 Å². The zero-order valence-electron chi connectivity index (χ0n) is 15.0. The average molecular weight is 383 g/mol. The van der Waals surface area contributed by atoms with Crippen LogP contribution in [0.25, 0.3) is 0 Å². The topological polar surface area (TPSA) is 85.9 Å². The Hall–Kier alpha value is -2.67. The molecule has 2 aromatic rings. The highest BCUT2D eigenvalue weighted by atomic mass is 32.2. The Kier molecular flexibility index (Phi) is 4.70. The highest BCUT2D eigenvalue weighted by Gasteiger charge is 2.29. The monoisotopic (exact) mass is 383 g/mol. The largest absolute Gasteiger partial charge is 0.486 e. The second kappa shape index (κ2) is 7.15. The number of aliphatic imine (C=N–C) groups is 1. The molecule has 7 heteroatoms. The van der Waals surface area contributed by atoms with E-state index in [1.54, 1.807) is 30.0 Å². The van der Waals surface area contributed by atoms with Gasteiger partial charge in [0.05, 0.1) is 11.1 Å². The third-order valence-electron chi connectivity index (χ3n) is 4.75. The van der Waals surface area contributed by atoms with Gasteiger partial charge in [-0.3, -0.25) is 9.79 Å². The smallest absolute Gasteiger partial charge is 0.259 e. The number of carbonyl (C=O) groups excluding carboxylic acids is 1. The van der Waals surface area contributed by atoms with E-state index in [9.17, 15) is 4.79 Å². The van der Waals surface area contributed by atoms with Gasteiger partial charge in [0.1, 0.15) is 13.2 Å². The Morgan fingerprint density at radius 3 is 2.89 bits per heavy atom. The minimum Gasteiger partial charge on any atom is -0.486 e. The molecule has 2 aliphatic rings. The molecule has 2 heterocycles. The first-order chi connectivity index (χ1) is 13.0. The Morgan fingerprint density at radius 1 is 1.22 bits per heavy atom. The average Bonchev–Trinajstić information content (AvgIpc) is 2.67. The summed E-state index contributed by atoms with van der Waals surface area (Å²) in [4.78, 5) is 17.4. The van der Waals surface area contributed by atoms with Crippen LogP contribution in [0.15, 0.2) is 47.5 Å². The van der Waals surface area contributed by atoms with Crippen LogP contribution in [-0.2, 0) is 5.54 Å². The number of rotatable bonds is 3. The molecule has 140 valence electrons. The lowest BCUT2D eigenvalue weighted by atomic mass is 9.89. The number of hydrogen-bond donors (Lipinski definition) is 2. The van der Waals surface area contributed by atoms with E-state index < -0.39 is 0 Å². The van der Waals surface area contributed by atoms with Crippen molar-refractivity contribution in [3.05, 3.63) is 53.6 Å². The highest BCUT2D eigenvalue weighted by molar-refractivity contribution is 8.13. The normalized spacial score (nSPS) is 21.3. The molecule has 0 radical (unpaired) electrons. The highest BCUT2D eigenvalue weighted by Crippen LogP contribution is 2.37. The Morgan fingerprint density at radius 2 is 2.04 bits per heavy atom. The first-order valence-corrected chi connectivity index (χ1v) is 9.82. The molecule has 0 bridgehead atoms. The molecule has 6 nitrogen and oxygen atoms in total. The number of thioether (sulfide) groups is 1. The van der Waals surface area contributed by atoms with Crippen molar-refractivity contribution in [1.82, 2.24) is 0 Å². The Bertz CT molecular complexity index is 915. The van der Waals surface area contributed by atoms with Crippen molar-refractivity contribution in [2.75, 3.05) is 24.3 Å². The van der Waals surface area contributed by atoms with E-state index in [2.05, 4.69) is 17.2 Å². The predicted octanol–water partition coefficient (Wildman–Crippen LogP) is 3.38. The number of ether oxygens (including phenoxy) is 2. The van der Waals surface area contributed by atoms with Crippen LogP contribution in [0.1, 0.15) is 29.3 Å². The molecule has 2 aliphatic heterocycles. The second-order valence-corrected chi connectivity index (χ2v) is 7.80. The number of benzene rings is 2. The molecule has 2 aromatic carbocycles. The molecule has 0 aromatic heterocycles. The summed E-state index contributed by atoms with van der Waals surface area (Å²) >= 11 is 1.57. The van der Waals surface area contributed by atoms with Crippen molar-refractivity contribution in [3.63, 3.8) is 0 Å². The number of nitrogens with two attached hydrogens (primary N) is 1. The molecule has 3 N–H and O–H groups in total. The summed E-state index contributed by atoms with van der Waals surface area (Å²) in [5.41, 5.74) is 7.74. The van der Waals surface area contributed by atoms with Crippen molar-refractivity contribution in [3.8, 4) is 11.5 Å². The van der Waals surface area contributed by atoms with Gasteiger partial charge in [-0.25, -0.2) is 0 Å². The number of amidine groups is 1. The number of amides is 1. The quantitative estimate of drug-likeness (QED) is 0.849. The first-order valence-electron chi connectivity index (χ1n) is 8.84. The first kappa shape index (κ1) is 17.7. The molecule has 1 unspecified atom stereocenters. The van der Waals surface area contributed by atoms with E-state index >= 15 is 0 Å². The number of para-hydroxylation sites is 1. The van der Waals surface area contributed by atoms with Gasteiger partial charge < -0.3 is 20.5 Å². The van der Waals surface area contributed by atoms with E-state index in [1.807, 2.05) is 24.3 Å². The maximum Gasteiger partial charge on any atom is 0.259 e. The van der Waals surface area contributed by atoms with Gasteiger partial charge in [0, 0.05) is 11.4 Å². The number of fused-ring (bicyclic) bond motifs is 1. The molecular formula is C20H21N3O3S. The lowest BCUT2D eigenvalue weighted by Gasteiger charge is -2.30. The van der Waals surface area contributed by atoms with Crippen molar-refractivity contribution >= 4 is 28.5 Å². The minimum atomic E-state index is -0.376. The minimum absolute atomic E-state index is 0.234. The molecule has 0 saturated heterocycles. The molecule has 1 amide bonds.